The molecule has 0 aliphatic heterocycles. The van der Waals surface area contributed by atoms with Gasteiger partial charge < -0.3 is 16.4 Å². The number of nitrogens with one attached hydrogen (secondary N) is 2. The topological polar surface area (TPSA) is 79.5 Å². The van der Waals surface area contributed by atoms with Crippen LogP contribution in [0.5, 0.6) is 0 Å². The van der Waals surface area contributed by atoms with E-state index in [-0.39, 0.29) is 5.91 Å². The van der Waals surface area contributed by atoms with Crippen LogP contribution in [0.2, 0.25) is 0 Å². The van der Waals surface area contributed by atoms with Crippen LogP contribution in [0.4, 0.5) is 0 Å². The summed E-state index contributed by atoms with van der Waals surface area (Å²) in [4.78, 5) is 15.7. The normalized spacial score (nSPS) is 11.1. The van der Waals surface area contributed by atoms with Gasteiger partial charge in [0, 0.05) is 25.2 Å². The summed E-state index contributed by atoms with van der Waals surface area (Å²) in [6.45, 7) is 3.83. The zero-order valence-electron chi connectivity index (χ0n) is 10.6. The fourth-order valence-corrected chi connectivity index (χ4v) is 1.35. The Bertz CT molecular complexity index is 389. The molecule has 0 radical (unpaired) electrons. The number of aliphatic imine (C=N–C) groups is 1. The highest BCUT2D eigenvalue weighted by Gasteiger charge is 2.02. The Labute approximate surface area is 107 Å². The average Bonchev–Trinajstić information content (AvgIpc) is 2.42. The number of hydrogen-bond acceptors (Lipinski definition) is 2. The molecule has 98 valence electrons. The predicted molar refractivity (Wildman–Crippen MR) is 73.6 cm³/mol. The van der Waals surface area contributed by atoms with Crippen molar-refractivity contribution in [3.8, 4) is 0 Å². The van der Waals surface area contributed by atoms with Crippen molar-refractivity contribution in [2.75, 3.05) is 19.6 Å². The Hall–Kier alpha value is -2.04. The third-order valence-corrected chi connectivity index (χ3v) is 2.26. The molecule has 1 amide bonds. The molecule has 5 heteroatoms. The summed E-state index contributed by atoms with van der Waals surface area (Å²) >= 11 is 0. The summed E-state index contributed by atoms with van der Waals surface area (Å²) in [5, 5.41) is 5.74. The van der Waals surface area contributed by atoms with Gasteiger partial charge in [0.15, 0.2) is 5.96 Å². The summed E-state index contributed by atoms with van der Waals surface area (Å²) in [7, 11) is 0. The minimum atomic E-state index is -0.0820. The highest BCUT2D eigenvalue weighted by molar-refractivity contribution is 5.94. The molecule has 0 atom stereocenters. The van der Waals surface area contributed by atoms with Crippen molar-refractivity contribution < 1.29 is 4.79 Å². The number of benzene rings is 1. The summed E-state index contributed by atoms with van der Waals surface area (Å²) in [5.41, 5.74) is 6.27. The molecule has 5 nitrogen and oxygen atoms in total. The molecule has 4 N–H and O–H groups in total. The van der Waals surface area contributed by atoms with Gasteiger partial charge in [-0.1, -0.05) is 25.1 Å². The summed E-state index contributed by atoms with van der Waals surface area (Å²) in [5.74, 6) is 0.340. The molecule has 0 aliphatic carbocycles. The lowest BCUT2D eigenvalue weighted by atomic mass is 10.2. The summed E-state index contributed by atoms with van der Waals surface area (Å²) in [6.07, 6.45) is 0.965. The van der Waals surface area contributed by atoms with E-state index in [1.54, 1.807) is 12.1 Å². The Morgan fingerprint density at radius 1 is 1.22 bits per heavy atom. The molecular formula is C13H20N4O. The second-order valence-corrected chi connectivity index (χ2v) is 3.82. The Kier molecular flexibility index (Phi) is 6.32. The highest BCUT2D eigenvalue weighted by atomic mass is 16.1. The van der Waals surface area contributed by atoms with Crippen molar-refractivity contribution in [3.05, 3.63) is 35.9 Å². The maximum atomic E-state index is 11.7. The molecule has 0 spiro atoms. The summed E-state index contributed by atoms with van der Waals surface area (Å²) in [6, 6.07) is 9.11. The zero-order chi connectivity index (χ0) is 13.2. The van der Waals surface area contributed by atoms with Crippen molar-refractivity contribution in [2.24, 2.45) is 10.7 Å². The predicted octanol–water partition coefficient (Wildman–Crippen LogP) is 0.731. The van der Waals surface area contributed by atoms with Crippen LogP contribution >= 0.6 is 0 Å². The number of guanidine groups is 1. The minimum absolute atomic E-state index is 0.0820. The molecule has 0 heterocycles. The van der Waals surface area contributed by atoms with Gasteiger partial charge in [0.25, 0.3) is 5.91 Å². The first-order valence-corrected chi connectivity index (χ1v) is 6.11. The number of carbonyl (C=O) groups excluding carboxylic acids is 1. The largest absolute Gasteiger partial charge is 0.370 e. The van der Waals surface area contributed by atoms with E-state index >= 15 is 0 Å². The molecule has 0 bridgehead atoms. The van der Waals surface area contributed by atoms with Crippen LogP contribution in [0.3, 0.4) is 0 Å². The van der Waals surface area contributed by atoms with Gasteiger partial charge in [-0.3, -0.25) is 9.79 Å². The number of nitrogens with zero attached hydrogens (tertiary/aromatic N) is 1. The Morgan fingerprint density at radius 3 is 2.56 bits per heavy atom. The third-order valence-electron chi connectivity index (χ3n) is 2.26. The molecule has 0 fully saturated rings. The van der Waals surface area contributed by atoms with E-state index in [4.69, 9.17) is 5.73 Å². The molecule has 1 rings (SSSR count). The van der Waals surface area contributed by atoms with Gasteiger partial charge in [0.1, 0.15) is 0 Å². The third kappa shape index (κ3) is 5.34. The van der Waals surface area contributed by atoms with Gasteiger partial charge in [0.05, 0.1) is 0 Å². The van der Waals surface area contributed by atoms with E-state index in [2.05, 4.69) is 15.6 Å². The van der Waals surface area contributed by atoms with Crippen molar-refractivity contribution in [3.63, 3.8) is 0 Å². The van der Waals surface area contributed by atoms with Crippen molar-refractivity contribution in [2.45, 2.75) is 13.3 Å². The van der Waals surface area contributed by atoms with Gasteiger partial charge in [-0.05, 0) is 18.6 Å². The average molecular weight is 248 g/mol. The first-order chi connectivity index (χ1) is 8.74. The maximum Gasteiger partial charge on any atom is 0.251 e. The fraction of sp³-hybridized carbons (Fsp3) is 0.385. The van der Waals surface area contributed by atoms with Gasteiger partial charge in [-0.15, -0.1) is 0 Å². The van der Waals surface area contributed by atoms with Gasteiger partial charge in [-0.25, -0.2) is 0 Å². The first-order valence-electron chi connectivity index (χ1n) is 6.11. The van der Waals surface area contributed by atoms with Crippen LogP contribution in [-0.4, -0.2) is 31.5 Å². The second-order valence-electron chi connectivity index (χ2n) is 3.82. The number of carbonyl (C=O) groups is 1. The van der Waals surface area contributed by atoms with Crippen molar-refractivity contribution in [1.82, 2.24) is 10.6 Å². The van der Waals surface area contributed by atoms with Crippen LogP contribution in [-0.2, 0) is 0 Å². The SMILES string of the molecule is CCCN=C(N)NCCNC(=O)c1ccccc1. The number of rotatable bonds is 6. The maximum absolute atomic E-state index is 11.7. The molecule has 0 saturated carbocycles. The standard InChI is InChI=1S/C13H20N4O/c1-2-8-16-13(14)17-10-9-15-12(18)11-6-4-3-5-7-11/h3-7H,2,8-10H2,1H3,(H,15,18)(H3,14,16,17). The van der Waals surface area contributed by atoms with E-state index < -0.39 is 0 Å². The van der Waals surface area contributed by atoms with Crippen LogP contribution in [0.15, 0.2) is 35.3 Å². The van der Waals surface area contributed by atoms with Crippen molar-refractivity contribution >= 4 is 11.9 Å². The molecule has 0 aliphatic rings. The van der Waals surface area contributed by atoms with Crippen molar-refractivity contribution in [1.29, 1.82) is 0 Å². The minimum Gasteiger partial charge on any atom is -0.370 e. The fourth-order valence-electron chi connectivity index (χ4n) is 1.35. The van der Waals surface area contributed by atoms with Crippen LogP contribution in [0.1, 0.15) is 23.7 Å². The molecule has 1 aromatic carbocycles. The molecule has 1 aromatic rings. The zero-order valence-corrected chi connectivity index (χ0v) is 10.6. The van der Waals surface area contributed by atoms with Gasteiger partial charge in [0.2, 0.25) is 0 Å². The van der Waals surface area contributed by atoms with E-state index in [1.165, 1.54) is 0 Å². The number of amides is 1. The molecular weight excluding hydrogens is 228 g/mol. The quantitative estimate of drug-likeness (QED) is 0.394. The lowest BCUT2D eigenvalue weighted by Crippen LogP contribution is -2.38. The van der Waals surface area contributed by atoms with E-state index in [1.807, 2.05) is 25.1 Å². The number of nitrogens with two attached hydrogens (primary N) is 1. The molecule has 0 unspecified atom stereocenters. The molecule has 0 saturated heterocycles. The van der Waals surface area contributed by atoms with E-state index in [0.29, 0.717) is 24.6 Å². The number of hydrogen-bond donors (Lipinski definition) is 3. The van der Waals surface area contributed by atoms with Crippen LogP contribution in [0, 0.1) is 0 Å². The first kappa shape index (κ1) is 14.0. The second kappa shape index (κ2) is 8.11. The summed E-state index contributed by atoms with van der Waals surface area (Å²) < 4.78 is 0. The van der Waals surface area contributed by atoms with Gasteiger partial charge in [-0.2, -0.15) is 0 Å². The lowest BCUT2D eigenvalue weighted by Gasteiger charge is -2.07. The van der Waals surface area contributed by atoms with E-state index in [0.717, 1.165) is 13.0 Å². The van der Waals surface area contributed by atoms with Crippen LogP contribution in [0.25, 0.3) is 0 Å². The Balaban J connectivity index is 2.21. The van der Waals surface area contributed by atoms with Crippen LogP contribution < -0.4 is 16.4 Å². The smallest absolute Gasteiger partial charge is 0.251 e. The highest BCUT2D eigenvalue weighted by Crippen LogP contribution is 1.96. The molecule has 0 aromatic heterocycles. The lowest BCUT2D eigenvalue weighted by molar-refractivity contribution is 0.0954. The Morgan fingerprint density at radius 2 is 1.89 bits per heavy atom. The monoisotopic (exact) mass is 248 g/mol. The molecule has 18 heavy (non-hydrogen) atoms. The van der Waals surface area contributed by atoms with E-state index in [9.17, 15) is 4.79 Å². The van der Waals surface area contributed by atoms with Gasteiger partial charge >= 0.3 is 0 Å².